The number of thiazole rings is 1. The zero-order chi connectivity index (χ0) is 16.8. The first-order valence-electron chi connectivity index (χ1n) is 6.99. The summed E-state index contributed by atoms with van der Waals surface area (Å²) < 4.78 is 0. The van der Waals surface area contributed by atoms with Gasteiger partial charge >= 0.3 is 0 Å². The lowest BCUT2D eigenvalue weighted by atomic mass is 10.2. The van der Waals surface area contributed by atoms with E-state index in [1.165, 1.54) is 16.7 Å². The van der Waals surface area contributed by atoms with E-state index in [1.807, 2.05) is 7.05 Å². The van der Waals surface area contributed by atoms with E-state index in [0.29, 0.717) is 22.8 Å². The quantitative estimate of drug-likeness (QED) is 0.578. The predicted octanol–water partition coefficient (Wildman–Crippen LogP) is -1.38. The molecule has 1 heterocycles. The molecule has 23 heavy (non-hydrogen) atoms. The van der Waals surface area contributed by atoms with Gasteiger partial charge in [0.1, 0.15) is 11.6 Å². The number of aromatic nitrogens is 1. The van der Waals surface area contributed by atoms with Crippen molar-refractivity contribution in [1.82, 2.24) is 4.98 Å². The van der Waals surface area contributed by atoms with E-state index in [9.17, 15) is 14.7 Å². The highest BCUT2D eigenvalue weighted by Crippen LogP contribution is 2.30. The maximum atomic E-state index is 12.1. The molecule has 0 saturated carbocycles. The van der Waals surface area contributed by atoms with E-state index in [0.717, 1.165) is 4.90 Å². The Labute approximate surface area is 137 Å². The second-order valence-corrected chi connectivity index (χ2v) is 5.88. The Hall–Kier alpha value is -2.29. The number of hydrogen-bond donors (Lipinski definition) is 3. The Morgan fingerprint density at radius 3 is 2.78 bits per heavy atom. The number of benzene rings is 1. The molecule has 0 saturated heterocycles. The summed E-state index contributed by atoms with van der Waals surface area (Å²) in [6, 6.07) is 7.05. The summed E-state index contributed by atoms with van der Waals surface area (Å²) in [5, 5.41) is 24.4. The molecule has 1 aromatic heterocycles. The van der Waals surface area contributed by atoms with Crippen LogP contribution in [0.4, 0.5) is 5.69 Å². The molecule has 7 nitrogen and oxygen atoms in total. The fraction of sp³-hybridized carbons (Fsp3) is 0.267. The molecular weight excluding hydrogens is 318 g/mol. The van der Waals surface area contributed by atoms with Gasteiger partial charge < -0.3 is 25.2 Å². The molecule has 2 aromatic rings. The standard InChI is InChI=1S/C15H17N3O4S/c1-18(6-7-19)8-13(20)16-11-5-3-2-4-10(11)14-17-12(9-23-14)15(21)22/h2-5,9,19H,6-8H2,1H3,(H,16,20)(H,21,22). The van der Waals surface area contributed by atoms with Crippen LogP contribution < -0.4 is 15.3 Å². The third kappa shape index (κ3) is 4.59. The Kier molecular flexibility index (Phi) is 5.80. The Morgan fingerprint density at radius 2 is 2.13 bits per heavy atom. The number of quaternary nitrogens is 1. The van der Waals surface area contributed by atoms with Crippen LogP contribution in [0.2, 0.25) is 0 Å². The molecule has 0 aliphatic carbocycles. The number of nitrogens with zero attached hydrogens (tertiary/aromatic N) is 1. The largest absolute Gasteiger partial charge is 0.543 e. The van der Waals surface area contributed by atoms with Gasteiger partial charge in [-0.1, -0.05) is 12.1 Å². The molecule has 0 bridgehead atoms. The molecule has 3 N–H and O–H groups in total. The summed E-state index contributed by atoms with van der Waals surface area (Å²) in [6.45, 7) is 0.717. The summed E-state index contributed by atoms with van der Waals surface area (Å²) in [4.78, 5) is 27.8. The second kappa shape index (κ2) is 7.82. The smallest absolute Gasteiger partial charge is 0.279 e. The molecule has 0 fully saturated rings. The van der Waals surface area contributed by atoms with Crippen LogP contribution in [0.5, 0.6) is 0 Å². The lowest BCUT2D eigenvalue weighted by molar-refractivity contribution is -0.871. The number of carbonyl (C=O) groups excluding carboxylic acids is 2. The van der Waals surface area contributed by atoms with Gasteiger partial charge in [0.05, 0.1) is 31.0 Å². The normalized spacial score (nSPS) is 11.9. The van der Waals surface area contributed by atoms with Crippen LogP contribution in [0.1, 0.15) is 10.5 Å². The van der Waals surface area contributed by atoms with Crippen molar-refractivity contribution in [2.24, 2.45) is 0 Å². The van der Waals surface area contributed by atoms with Crippen molar-refractivity contribution in [3.8, 4) is 10.6 Å². The number of aliphatic hydroxyl groups excluding tert-OH is 1. The molecule has 1 amide bonds. The predicted molar refractivity (Wildman–Crippen MR) is 84.2 cm³/mol. The van der Waals surface area contributed by atoms with E-state index in [1.54, 1.807) is 24.3 Å². The molecule has 1 aromatic carbocycles. The van der Waals surface area contributed by atoms with Crippen molar-refractivity contribution in [2.75, 3.05) is 32.1 Å². The summed E-state index contributed by atoms with van der Waals surface area (Å²) >= 11 is 1.17. The average Bonchev–Trinajstić information content (AvgIpc) is 2.97. The number of carbonyl (C=O) groups is 2. The molecule has 8 heteroatoms. The molecule has 122 valence electrons. The van der Waals surface area contributed by atoms with Crippen LogP contribution in [0, 0.1) is 0 Å². The molecular formula is C15H17N3O4S. The van der Waals surface area contributed by atoms with Gasteiger partial charge in [0.15, 0.2) is 6.54 Å². The van der Waals surface area contributed by atoms with Gasteiger partial charge in [-0.05, 0) is 12.1 Å². The molecule has 0 radical (unpaired) electrons. The van der Waals surface area contributed by atoms with Crippen LogP contribution in [-0.4, -0.2) is 48.7 Å². The number of rotatable bonds is 7. The maximum absolute atomic E-state index is 12.1. The van der Waals surface area contributed by atoms with Gasteiger partial charge in [0, 0.05) is 10.9 Å². The van der Waals surface area contributed by atoms with Crippen molar-refractivity contribution >= 4 is 28.9 Å². The van der Waals surface area contributed by atoms with Gasteiger partial charge in [-0.3, -0.25) is 4.79 Å². The lowest BCUT2D eigenvalue weighted by Gasteiger charge is -2.13. The van der Waals surface area contributed by atoms with Crippen LogP contribution in [0.25, 0.3) is 10.6 Å². The number of nitrogens with one attached hydrogen (secondary N) is 2. The summed E-state index contributed by atoms with van der Waals surface area (Å²) in [7, 11) is 1.81. The molecule has 1 atom stereocenters. The minimum atomic E-state index is -1.33. The number of aliphatic hydroxyl groups is 1. The number of carboxylic acid groups (broad SMARTS) is 1. The van der Waals surface area contributed by atoms with Gasteiger partial charge in [-0.25, -0.2) is 4.98 Å². The number of aromatic carboxylic acids is 1. The first-order chi connectivity index (χ1) is 11.0. The highest BCUT2D eigenvalue weighted by Gasteiger charge is 2.14. The minimum absolute atomic E-state index is 0.0147. The number of likely N-dealkylation sites (N-methyl/N-ethyl adjacent to an activating group) is 1. The highest BCUT2D eigenvalue weighted by atomic mass is 32.1. The zero-order valence-electron chi connectivity index (χ0n) is 12.5. The number of carboxylic acids is 1. The lowest BCUT2D eigenvalue weighted by Crippen LogP contribution is -3.10. The zero-order valence-corrected chi connectivity index (χ0v) is 13.4. The molecule has 0 spiro atoms. The average molecular weight is 335 g/mol. The van der Waals surface area contributed by atoms with Gasteiger partial charge in [-0.2, -0.15) is 0 Å². The first-order valence-corrected chi connectivity index (χ1v) is 7.87. The second-order valence-electron chi connectivity index (χ2n) is 5.03. The highest BCUT2D eigenvalue weighted by molar-refractivity contribution is 7.13. The Balaban J connectivity index is 2.17. The number of anilines is 1. The first kappa shape index (κ1) is 17.1. The van der Waals surface area contributed by atoms with Crippen LogP contribution >= 0.6 is 11.3 Å². The third-order valence-corrected chi connectivity index (χ3v) is 4.02. The molecule has 0 aliphatic rings. The minimum Gasteiger partial charge on any atom is -0.543 e. The maximum Gasteiger partial charge on any atom is 0.279 e. The van der Waals surface area contributed by atoms with Gasteiger partial charge in [0.2, 0.25) is 0 Å². The number of para-hydroxylation sites is 1. The summed E-state index contributed by atoms with van der Waals surface area (Å²) in [6.07, 6.45) is 0. The molecule has 1 unspecified atom stereocenters. The van der Waals surface area contributed by atoms with Crippen LogP contribution in [0.15, 0.2) is 29.6 Å². The van der Waals surface area contributed by atoms with Crippen molar-refractivity contribution < 1.29 is 24.7 Å². The van der Waals surface area contributed by atoms with E-state index in [2.05, 4.69) is 10.3 Å². The van der Waals surface area contributed by atoms with Crippen LogP contribution in [0.3, 0.4) is 0 Å². The van der Waals surface area contributed by atoms with Crippen molar-refractivity contribution in [3.05, 3.63) is 35.3 Å². The van der Waals surface area contributed by atoms with E-state index in [-0.39, 0.29) is 24.8 Å². The van der Waals surface area contributed by atoms with E-state index < -0.39 is 5.97 Å². The number of hydrogen-bond acceptors (Lipinski definition) is 6. The van der Waals surface area contributed by atoms with Crippen molar-refractivity contribution in [2.45, 2.75) is 0 Å². The number of amides is 1. The fourth-order valence-corrected chi connectivity index (χ4v) is 2.85. The Morgan fingerprint density at radius 1 is 1.39 bits per heavy atom. The van der Waals surface area contributed by atoms with Gasteiger partial charge in [0.25, 0.3) is 5.91 Å². The fourth-order valence-electron chi connectivity index (χ4n) is 2.02. The SMILES string of the molecule is C[NH+](CCO)CC(=O)Nc1ccccc1-c1nc(C(=O)[O-])cs1. The summed E-state index contributed by atoms with van der Waals surface area (Å²) in [5.74, 6) is -1.52. The van der Waals surface area contributed by atoms with E-state index in [4.69, 9.17) is 5.11 Å². The monoisotopic (exact) mass is 335 g/mol. The van der Waals surface area contributed by atoms with E-state index >= 15 is 0 Å². The van der Waals surface area contributed by atoms with Crippen LogP contribution in [-0.2, 0) is 4.79 Å². The Bertz CT molecular complexity index is 702. The molecule has 0 aliphatic heterocycles. The topological polar surface area (TPSA) is 107 Å². The summed E-state index contributed by atoms with van der Waals surface area (Å²) in [5.41, 5.74) is 1.09. The third-order valence-electron chi connectivity index (χ3n) is 3.15. The molecule has 2 rings (SSSR count). The van der Waals surface area contributed by atoms with Gasteiger partial charge in [-0.15, -0.1) is 11.3 Å². The van der Waals surface area contributed by atoms with Crippen molar-refractivity contribution in [3.63, 3.8) is 0 Å². The van der Waals surface area contributed by atoms with Crippen molar-refractivity contribution in [1.29, 1.82) is 0 Å².